The summed E-state index contributed by atoms with van der Waals surface area (Å²) in [5.74, 6) is 0.816. The Morgan fingerprint density at radius 3 is 2.86 bits per heavy atom. The van der Waals surface area contributed by atoms with E-state index in [1.54, 1.807) is 25.4 Å². The van der Waals surface area contributed by atoms with E-state index in [1.807, 2.05) is 24.3 Å². The number of methoxy groups -OCH3 is 1. The van der Waals surface area contributed by atoms with Crippen molar-refractivity contribution in [1.29, 1.82) is 0 Å². The number of pyridine rings is 1. The fourth-order valence-electron chi connectivity index (χ4n) is 1.89. The summed E-state index contributed by atoms with van der Waals surface area (Å²) in [6.45, 7) is 0.912. The molecule has 2 rings (SSSR count). The third-order valence-electron chi connectivity index (χ3n) is 3.05. The second-order valence-corrected chi connectivity index (χ2v) is 5.12. The average Bonchev–Trinajstić information content (AvgIpc) is 2.54. The molecule has 0 spiro atoms. The molecule has 0 saturated heterocycles. The summed E-state index contributed by atoms with van der Waals surface area (Å²) in [4.78, 5) is 15.8. The largest absolute Gasteiger partial charge is 0.497 e. The van der Waals surface area contributed by atoms with Crippen LogP contribution in [0.2, 0.25) is 5.02 Å². The van der Waals surface area contributed by atoms with Gasteiger partial charge in [-0.05, 0) is 36.2 Å². The minimum absolute atomic E-state index is 0.223. The van der Waals surface area contributed by atoms with Crippen molar-refractivity contribution in [3.63, 3.8) is 0 Å². The first-order valence-corrected chi connectivity index (χ1v) is 7.30. The number of aromatic nitrogens is 1. The van der Waals surface area contributed by atoms with Gasteiger partial charge in [0, 0.05) is 12.7 Å². The highest BCUT2D eigenvalue weighted by molar-refractivity contribution is 6.30. The van der Waals surface area contributed by atoms with E-state index in [4.69, 9.17) is 16.3 Å². The smallest absolute Gasteiger partial charge is 0.315 e. The van der Waals surface area contributed by atoms with E-state index in [2.05, 4.69) is 15.6 Å². The van der Waals surface area contributed by atoms with E-state index in [0.717, 1.165) is 23.4 Å². The Morgan fingerprint density at radius 1 is 1.27 bits per heavy atom. The Kier molecular flexibility index (Phi) is 6.03. The number of benzene rings is 1. The molecule has 0 fully saturated rings. The van der Waals surface area contributed by atoms with Crippen LogP contribution in [0.3, 0.4) is 0 Å². The highest BCUT2D eigenvalue weighted by Crippen LogP contribution is 2.12. The molecule has 6 heteroatoms. The van der Waals surface area contributed by atoms with Crippen LogP contribution in [0.15, 0.2) is 42.6 Å². The molecule has 5 nitrogen and oxygen atoms in total. The number of nitrogens with one attached hydrogen (secondary N) is 2. The molecule has 0 saturated carbocycles. The topological polar surface area (TPSA) is 63.2 Å². The number of carbonyl (C=O) groups is 1. The average molecular weight is 320 g/mol. The van der Waals surface area contributed by atoms with Gasteiger partial charge >= 0.3 is 6.03 Å². The van der Waals surface area contributed by atoms with Crippen LogP contribution in [0.5, 0.6) is 5.75 Å². The van der Waals surface area contributed by atoms with Gasteiger partial charge < -0.3 is 15.4 Å². The zero-order valence-electron chi connectivity index (χ0n) is 12.3. The summed E-state index contributed by atoms with van der Waals surface area (Å²) in [6, 6.07) is 11.1. The number of urea groups is 1. The molecule has 0 aliphatic heterocycles. The zero-order valence-corrected chi connectivity index (χ0v) is 13.1. The van der Waals surface area contributed by atoms with Crippen molar-refractivity contribution in [1.82, 2.24) is 15.6 Å². The third-order valence-corrected chi connectivity index (χ3v) is 3.28. The van der Waals surface area contributed by atoms with Crippen molar-refractivity contribution in [2.24, 2.45) is 0 Å². The van der Waals surface area contributed by atoms with Gasteiger partial charge in [-0.15, -0.1) is 0 Å². The standard InChI is InChI=1S/C16H18ClN3O2/c1-22-15-4-2-3-12(9-15)7-8-18-16(21)20-11-14-6-5-13(17)10-19-14/h2-6,9-10H,7-8,11H2,1H3,(H2,18,20,21). The Labute approximate surface area is 134 Å². The van der Waals surface area contributed by atoms with Crippen molar-refractivity contribution < 1.29 is 9.53 Å². The van der Waals surface area contributed by atoms with E-state index in [0.29, 0.717) is 18.1 Å². The molecular weight excluding hydrogens is 302 g/mol. The van der Waals surface area contributed by atoms with Crippen molar-refractivity contribution in [3.8, 4) is 5.75 Å². The normalized spacial score (nSPS) is 10.1. The van der Waals surface area contributed by atoms with E-state index in [-0.39, 0.29) is 6.03 Å². The lowest BCUT2D eigenvalue weighted by atomic mass is 10.1. The number of nitrogens with zero attached hydrogens (tertiary/aromatic N) is 1. The molecular formula is C16H18ClN3O2. The highest BCUT2D eigenvalue weighted by Gasteiger charge is 2.02. The van der Waals surface area contributed by atoms with Gasteiger partial charge in [-0.25, -0.2) is 4.79 Å². The summed E-state index contributed by atoms with van der Waals surface area (Å²) >= 11 is 5.75. The van der Waals surface area contributed by atoms with Crippen molar-refractivity contribution in [3.05, 3.63) is 58.9 Å². The number of hydrogen-bond acceptors (Lipinski definition) is 3. The van der Waals surface area contributed by atoms with Gasteiger partial charge in [0.1, 0.15) is 5.75 Å². The van der Waals surface area contributed by atoms with Crippen LogP contribution in [-0.2, 0) is 13.0 Å². The number of carbonyl (C=O) groups excluding carboxylic acids is 1. The van der Waals surface area contributed by atoms with Crippen molar-refractivity contribution in [2.75, 3.05) is 13.7 Å². The van der Waals surface area contributed by atoms with Crippen LogP contribution >= 0.6 is 11.6 Å². The number of amides is 2. The molecule has 2 aromatic rings. The lowest BCUT2D eigenvalue weighted by Crippen LogP contribution is -2.36. The first-order valence-electron chi connectivity index (χ1n) is 6.92. The van der Waals surface area contributed by atoms with Gasteiger partial charge in [-0.3, -0.25) is 4.98 Å². The van der Waals surface area contributed by atoms with Crippen LogP contribution < -0.4 is 15.4 Å². The first-order chi connectivity index (χ1) is 10.7. The zero-order chi connectivity index (χ0) is 15.8. The maximum absolute atomic E-state index is 11.7. The van der Waals surface area contributed by atoms with Crippen molar-refractivity contribution >= 4 is 17.6 Å². The number of rotatable bonds is 6. The number of ether oxygens (including phenoxy) is 1. The van der Waals surface area contributed by atoms with Crippen LogP contribution in [0, 0.1) is 0 Å². The molecule has 0 radical (unpaired) electrons. The summed E-state index contributed by atoms with van der Waals surface area (Å²) in [5, 5.41) is 6.13. The van der Waals surface area contributed by atoms with Gasteiger partial charge in [0.05, 0.1) is 24.4 Å². The first kappa shape index (κ1) is 16.1. The van der Waals surface area contributed by atoms with Gasteiger partial charge in [-0.2, -0.15) is 0 Å². The molecule has 0 unspecified atom stereocenters. The minimum atomic E-state index is -0.223. The van der Waals surface area contributed by atoms with E-state index < -0.39 is 0 Å². The highest BCUT2D eigenvalue weighted by atomic mass is 35.5. The monoisotopic (exact) mass is 319 g/mol. The number of halogens is 1. The van der Waals surface area contributed by atoms with Gasteiger partial charge in [-0.1, -0.05) is 23.7 Å². The molecule has 0 bridgehead atoms. The second kappa shape index (κ2) is 8.24. The third kappa shape index (κ3) is 5.26. The SMILES string of the molecule is COc1cccc(CCNC(=O)NCc2ccc(Cl)cn2)c1. The van der Waals surface area contributed by atoms with Gasteiger partial charge in [0.15, 0.2) is 0 Å². The summed E-state index contributed by atoms with van der Waals surface area (Å²) in [5.41, 5.74) is 1.87. The molecule has 116 valence electrons. The maximum Gasteiger partial charge on any atom is 0.315 e. The van der Waals surface area contributed by atoms with Crippen LogP contribution in [0.4, 0.5) is 4.79 Å². The van der Waals surface area contributed by atoms with Crippen molar-refractivity contribution in [2.45, 2.75) is 13.0 Å². The molecule has 0 atom stereocenters. The molecule has 1 aromatic heterocycles. The molecule has 0 aliphatic carbocycles. The Morgan fingerprint density at radius 2 is 2.14 bits per heavy atom. The lowest BCUT2D eigenvalue weighted by Gasteiger charge is -2.08. The molecule has 22 heavy (non-hydrogen) atoms. The summed E-state index contributed by atoms with van der Waals surface area (Å²) in [7, 11) is 1.63. The Balaban J connectivity index is 1.70. The number of hydrogen-bond donors (Lipinski definition) is 2. The fourth-order valence-corrected chi connectivity index (χ4v) is 2.00. The van der Waals surface area contributed by atoms with Crippen LogP contribution in [0.1, 0.15) is 11.3 Å². The van der Waals surface area contributed by atoms with Gasteiger partial charge in [0.25, 0.3) is 0 Å². The van der Waals surface area contributed by atoms with Gasteiger partial charge in [0.2, 0.25) is 0 Å². The molecule has 1 aromatic carbocycles. The molecule has 1 heterocycles. The maximum atomic E-state index is 11.7. The van der Waals surface area contributed by atoms with Crippen LogP contribution in [-0.4, -0.2) is 24.7 Å². The second-order valence-electron chi connectivity index (χ2n) is 4.68. The summed E-state index contributed by atoms with van der Waals surface area (Å²) in [6.07, 6.45) is 2.29. The quantitative estimate of drug-likeness (QED) is 0.860. The van der Waals surface area contributed by atoms with E-state index in [9.17, 15) is 4.79 Å². The fraction of sp³-hybridized carbons (Fsp3) is 0.250. The van der Waals surface area contributed by atoms with E-state index in [1.165, 1.54) is 0 Å². The Hall–Kier alpha value is -2.27. The predicted octanol–water partition coefficient (Wildman–Crippen LogP) is 2.79. The molecule has 0 aliphatic rings. The lowest BCUT2D eigenvalue weighted by molar-refractivity contribution is 0.240. The van der Waals surface area contributed by atoms with E-state index >= 15 is 0 Å². The van der Waals surface area contributed by atoms with Crippen LogP contribution in [0.25, 0.3) is 0 Å². The molecule has 2 N–H and O–H groups in total. The minimum Gasteiger partial charge on any atom is -0.497 e. The predicted molar refractivity (Wildman–Crippen MR) is 86.2 cm³/mol. The molecule has 2 amide bonds. The summed E-state index contributed by atoms with van der Waals surface area (Å²) < 4.78 is 5.16. The Bertz CT molecular complexity index is 617.